The summed E-state index contributed by atoms with van der Waals surface area (Å²) < 4.78 is 20.1. The number of carboxylic acids is 1. The SMILES string of the molecule is COc1cc(C(=O)c2cn(CCCC(=O)O)c3ccccc23)ccc1O[C@H](CCN1CCN(c2ccccc2OC)CC1)c1ccc(C)cc1. The van der Waals surface area contributed by atoms with Gasteiger partial charge in [-0.15, -0.1) is 0 Å². The Morgan fingerprint density at radius 3 is 2.26 bits per heavy atom. The van der Waals surface area contributed by atoms with Crippen molar-refractivity contribution in [3.05, 3.63) is 119 Å². The second-order valence-corrected chi connectivity index (χ2v) is 12.8. The number of aryl methyl sites for hydroxylation is 2. The molecule has 6 rings (SSSR count). The van der Waals surface area contributed by atoms with Gasteiger partial charge in [-0.25, -0.2) is 0 Å². The topological polar surface area (TPSA) is 93.5 Å². The summed E-state index contributed by atoms with van der Waals surface area (Å²) in [5, 5.41) is 9.93. The fourth-order valence-electron chi connectivity index (χ4n) is 6.71. The lowest BCUT2D eigenvalue weighted by atomic mass is 10.0. The van der Waals surface area contributed by atoms with Crippen LogP contribution in [0.25, 0.3) is 10.9 Å². The number of nitrogens with zero attached hydrogens (tertiary/aromatic N) is 3. The minimum absolute atomic E-state index is 0.0680. The number of methoxy groups -OCH3 is 2. The fraction of sp³-hybridized carbons (Fsp3) is 0.317. The largest absolute Gasteiger partial charge is 0.495 e. The third-order valence-electron chi connectivity index (χ3n) is 9.47. The molecule has 1 aromatic heterocycles. The molecular formula is C41H45N3O6. The van der Waals surface area contributed by atoms with Crippen molar-refractivity contribution in [2.24, 2.45) is 0 Å². The first-order valence-electron chi connectivity index (χ1n) is 17.2. The first-order chi connectivity index (χ1) is 24.3. The molecule has 1 saturated heterocycles. The van der Waals surface area contributed by atoms with E-state index in [4.69, 9.17) is 19.3 Å². The molecule has 9 nitrogen and oxygen atoms in total. The van der Waals surface area contributed by atoms with Gasteiger partial charge in [0.2, 0.25) is 0 Å². The number of carboxylic acid groups (broad SMARTS) is 1. The van der Waals surface area contributed by atoms with Crippen LogP contribution in [0.2, 0.25) is 0 Å². The van der Waals surface area contributed by atoms with E-state index < -0.39 is 5.97 Å². The number of fused-ring (bicyclic) bond motifs is 1. The van der Waals surface area contributed by atoms with E-state index in [9.17, 15) is 9.59 Å². The maximum Gasteiger partial charge on any atom is 0.303 e. The van der Waals surface area contributed by atoms with Gasteiger partial charge in [-0.1, -0.05) is 60.2 Å². The lowest BCUT2D eigenvalue weighted by Crippen LogP contribution is -2.47. The summed E-state index contributed by atoms with van der Waals surface area (Å²) in [4.78, 5) is 29.9. The predicted octanol–water partition coefficient (Wildman–Crippen LogP) is 7.40. The molecule has 2 heterocycles. The highest BCUT2D eigenvalue weighted by Gasteiger charge is 2.24. The number of anilines is 1. The summed E-state index contributed by atoms with van der Waals surface area (Å²) in [6.07, 6.45) is 2.93. The van der Waals surface area contributed by atoms with Crippen molar-refractivity contribution in [1.29, 1.82) is 0 Å². The van der Waals surface area contributed by atoms with Crippen molar-refractivity contribution in [3.8, 4) is 17.2 Å². The quantitative estimate of drug-likeness (QED) is 0.115. The summed E-state index contributed by atoms with van der Waals surface area (Å²) in [6, 6.07) is 29.7. The van der Waals surface area contributed by atoms with E-state index in [0.29, 0.717) is 35.6 Å². The maximum atomic E-state index is 13.9. The molecule has 1 atom stereocenters. The zero-order chi connectivity index (χ0) is 35.0. The number of rotatable bonds is 15. The molecule has 0 saturated carbocycles. The Morgan fingerprint density at radius 1 is 0.800 bits per heavy atom. The van der Waals surface area contributed by atoms with Gasteiger partial charge in [0.05, 0.1) is 19.9 Å². The zero-order valence-corrected chi connectivity index (χ0v) is 29.0. The van der Waals surface area contributed by atoms with Gasteiger partial charge in [-0.05, 0) is 55.3 Å². The molecule has 9 heteroatoms. The maximum absolute atomic E-state index is 13.9. The number of piperazine rings is 1. The number of carbonyl (C=O) groups is 2. The number of ketones is 1. The molecule has 0 spiro atoms. The number of ether oxygens (including phenoxy) is 3. The molecule has 1 fully saturated rings. The standard InChI is InChI=1S/C41H45N3O6/c1-29-14-16-30(17-15-29)36(20-22-42-23-25-43(26-24-42)35-11-6-7-12-37(35)48-2)50-38-19-18-31(27-39(38)49-3)41(47)33-28-44(21-8-13-40(45)46)34-10-5-4-9-32(33)34/h4-7,9-12,14-19,27-28,36H,8,13,20-26H2,1-3H3,(H,45,46)/t36-/m1/s1. The first kappa shape index (κ1) is 34.6. The number of aliphatic carboxylic acids is 1. The van der Waals surface area contributed by atoms with E-state index in [-0.39, 0.29) is 18.3 Å². The van der Waals surface area contributed by atoms with Crippen LogP contribution in [0.15, 0.2) is 97.2 Å². The Hall–Kier alpha value is -5.28. The molecule has 0 radical (unpaired) electrons. The predicted molar refractivity (Wildman–Crippen MR) is 196 cm³/mol. The molecular weight excluding hydrogens is 630 g/mol. The van der Waals surface area contributed by atoms with Crippen LogP contribution >= 0.6 is 0 Å². The van der Waals surface area contributed by atoms with Gasteiger partial charge in [-0.3, -0.25) is 14.5 Å². The molecule has 0 amide bonds. The van der Waals surface area contributed by atoms with Crippen LogP contribution in [-0.4, -0.2) is 73.3 Å². The lowest BCUT2D eigenvalue weighted by Gasteiger charge is -2.37. The van der Waals surface area contributed by atoms with Crippen LogP contribution in [0.4, 0.5) is 5.69 Å². The number of hydrogen-bond acceptors (Lipinski definition) is 7. The summed E-state index contributed by atoms with van der Waals surface area (Å²) in [7, 11) is 3.31. The van der Waals surface area contributed by atoms with Crippen LogP contribution in [-0.2, 0) is 11.3 Å². The number of carbonyl (C=O) groups excluding carboxylic acids is 1. The van der Waals surface area contributed by atoms with Gasteiger partial charge in [-0.2, -0.15) is 0 Å². The van der Waals surface area contributed by atoms with Crippen LogP contribution in [0.5, 0.6) is 17.2 Å². The minimum Gasteiger partial charge on any atom is -0.495 e. The summed E-state index contributed by atoms with van der Waals surface area (Å²) in [5.41, 5.74) is 5.35. The van der Waals surface area contributed by atoms with Crippen LogP contribution in [0.3, 0.4) is 0 Å². The average Bonchev–Trinajstić information content (AvgIpc) is 3.52. The molecule has 4 aromatic carbocycles. The van der Waals surface area contributed by atoms with Crippen molar-refractivity contribution in [2.45, 2.75) is 38.8 Å². The lowest BCUT2D eigenvalue weighted by molar-refractivity contribution is -0.137. The van der Waals surface area contributed by atoms with E-state index in [1.165, 1.54) is 5.56 Å². The normalized spacial score (nSPS) is 14.0. The fourth-order valence-corrected chi connectivity index (χ4v) is 6.71. The van der Waals surface area contributed by atoms with Crippen molar-refractivity contribution >= 4 is 28.3 Å². The molecule has 0 unspecified atom stereocenters. The monoisotopic (exact) mass is 675 g/mol. The Morgan fingerprint density at radius 2 is 1.52 bits per heavy atom. The molecule has 5 aromatic rings. The third-order valence-corrected chi connectivity index (χ3v) is 9.47. The highest BCUT2D eigenvalue weighted by Crippen LogP contribution is 2.35. The van der Waals surface area contributed by atoms with Crippen LogP contribution < -0.4 is 19.1 Å². The average molecular weight is 676 g/mol. The van der Waals surface area contributed by atoms with Gasteiger partial charge in [0.1, 0.15) is 11.9 Å². The van der Waals surface area contributed by atoms with Gasteiger partial charge < -0.3 is 28.8 Å². The summed E-state index contributed by atoms with van der Waals surface area (Å²) >= 11 is 0. The van der Waals surface area contributed by atoms with E-state index in [2.05, 4.69) is 53.1 Å². The highest BCUT2D eigenvalue weighted by molar-refractivity contribution is 6.16. The molecule has 1 aliphatic rings. The highest BCUT2D eigenvalue weighted by atomic mass is 16.5. The second-order valence-electron chi connectivity index (χ2n) is 12.8. The van der Waals surface area contributed by atoms with Crippen molar-refractivity contribution < 1.29 is 28.9 Å². The van der Waals surface area contributed by atoms with E-state index in [1.807, 2.05) is 53.2 Å². The second kappa shape index (κ2) is 16.0. The van der Waals surface area contributed by atoms with E-state index in [0.717, 1.165) is 67.0 Å². The number of aromatic nitrogens is 1. The van der Waals surface area contributed by atoms with Gasteiger partial charge in [0.15, 0.2) is 17.3 Å². The molecule has 260 valence electrons. The van der Waals surface area contributed by atoms with E-state index in [1.54, 1.807) is 26.4 Å². The van der Waals surface area contributed by atoms with Crippen LogP contribution in [0.1, 0.15) is 52.4 Å². The third kappa shape index (κ3) is 7.95. The van der Waals surface area contributed by atoms with Crippen molar-refractivity contribution in [3.63, 3.8) is 0 Å². The van der Waals surface area contributed by atoms with Crippen LogP contribution in [0, 0.1) is 6.92 Å². The zero-order valence-electron chi connectivity index (χ0n) is 29.0. The van der Waals surface area contributed by atoms with Crippen molar-refractivity contribution in [1.82, 2.24) is 9.47 Å². The molecule has 0 bridgehead atoms. The first-order valence-corrected chi connectivity index (χ1v) is 17.2. The van der Waals surface area contributed by atoms with Gasteiger partial charge in [0, 0.05) is 80.3 Å². The van der Waals surface area contributed by atoms with E-state index >= 15 is 0 Å². The molecule has 1 N–H and O–H groups in total. The number of benzene rings is 4. The summed E-state index contributed by atoms with van der Waals surface area (Å²) in [6.45, 7) is 7.17. The molecule has 1 aliphatic heterocycles. The number of hydrogen-bond donors (Lipinski definition) is 1. The Labute approximate surface area is 293 Å². The minimum atomic E-state index is -0.833. The molecule has 0 aliphatic carbocycles. The Kier molecular flexibility index (Phi) is 11.0. The van der Waals surface area contributed by atoms with Gasteiger partial charge in [0.25, 0.3) is 0 Å². The smallest absolute Gasteiger partial charge is 0.303 e. The van der Waals surface area contributed by atoms with Crippen molar-refractivity contribution in [2.75, 3.05) is 51.8 Å². The van der Waals surface area contributed by atoms with Gasteiger partial charge >= 0.3 is 5.97 Å². The Balaban J connectivity index is 1.17. The summed E-state index contributed by atoms with van der Waals surface area (Å²) in [5.74, 6) is 0.996. The molecule has 50 heavy (non-hydrogen) atoms. The Bertz CT molecular complexity index is 1930. The number of para-hydroxylation sites is 3.